The average Bonchev–Trinajstić information content (AvgIpc) is 2.61. The number of aliphatic hydroxyl groups excluding tert-OH is 1. The van der Waals surface area contributed by atoms with Crippen LogP contribution in [0.5, 0.6) is 0 Å². The molecule has 1 N–H and O–H groups in total. The maximum Gasteiger partial charge on any atom is 0.254 e. The van der Waals surface area contributed by atoms with Crippen LogP contribution in [0.2, 0.25) is 5.02 Å². The van der Waals surface area contributed by atoms with Gasteiger partial charge in [0.1, 0.15) is 5.03 Å². The fourth-order valence-corrected chi connectivity index (χ4v) is 3.88. The highest BCUT2D eigenvalue weighted by atomic mass is 35.5. The molecular weight excluding hydrogens is 344 g/mol. The number of aliphatic hydroxyl groups is 1. The highest BCUT2D eigenvalue weighted by Gasteiger charge is 2.23. The molecular formula is C18H19ClN2O2S. The van der Waals surface area contributed by atoms with Crippen molar-refractivity contribution in [2.24, 2.45) is 5.92 Å². The van der Waals surface area contributed by atoms with Crippen LogP contribution in [0.3, 0.4) is 0 Å². The van der Waals surface area contributed by atoms with Crippen LogP contribution in [-0.4, -0.2) is 40.6 Å². The van der Waals surface area contributed by atoms with Crippen molar-refractivity contribution in [3.63, 3.8) is 0 Å². The van der Waals surface area contributed by atoms with Gasteiger partial charge in [-0.15, -0.1) is 0 Å². The fourth-order valence-electron chi connectivity index (χ4n) is 2.75. The number of hydrogen-bond acceptors (Lipinski definition) is 4. The number of piperidine rings is 1. The molecule has 1 aromatic carbocycles. The van der Waals surface area contributed by atoms with E-state index >= 15 is 0 Å². The quantitative estimate of drug-likeness (QED) is 0.900. The zero-order chi connectivity index (χ0) is 16.9. The molecule has 126 valence electrons. The van der Waals surface area contributed by atoms with Crippen molar-refractivity contribution >= 4 is 29.3 Å². The Kier molecular flexibility index (Phi) is 5.76. The van der Waals surface area contributed by atoms with Gasteiger partial charge < -0.3 is 10.0 Å². The van der Waals surface area contributed by atoms with Crippen molar-refractivity contribution in [3.8, 4) is 0 Å². The van der Waals surface area contributed by atoms with Gasteiger partial charge in [0.05, 0.1) is 0 Å². The van der Waals surface area contributed by atoms with Crippen molar-refractivity contribution < 1.29 is 9.90 Å². The first kappa shape index (κ1) is 17.3. The number of carbonyl (C=O) groups excluding carboxylic acids is 1. The number of benzene rings is 1. The first-order valence-corrected chi connectivity index (χ1v) is 9.15. The molecule has 0 spiro atoms. The van der Waals surface area contributed by atoms with Crippen LogP contribution in [0, 0.1) is 5.92 Å². The Balaban J connectivity index is 1.69. The van der Waals surface area contributed by atoms with Gasteiger partial charge in [0.25, 0.3) is 5.91 Å². The minimum Gasteiger partial charge on any atom is -0.396 e. The highest BCUT2D eigenvalue weighted by molar-refractivity contribution is 7.99. The van der Waals surface area contributed by atoms with Gasteiger partial charge in [-0.25, -0.2) is 4.98 Å². The van der Waals surface area contributed by atoms with Gasteiger partial charge in [-0.3, -0.25) is 4.79 Å². The molecule has 0 bridgehead atoms. The Labute approximate surface area is 150 Å². The molecule has 1 fully saturated rings. The highest BCUT2D eigenvalue weighted by Crippen LogP contribution is 2.28. The molecule has 0 aliphatic carbocycles. The van der Waals surface area contributed by atoms with E-state index in [1.165, 1.54) is 11.8 Å². The smallest absolute Gasteiger partial charge is 0.254 e. The Hall–Kier alpha value is -1.56. The number of nitrogens with zero attached hydrogens (tertiary/aromatic N) is 2. The van der Waals surface area contributed by atoms with Crippen molar-refractivity contribution in [1.29, 1.82) is 0 Å². The van der Waals surface area contributed by atoms with Crippen LogP contribution in [0.1, 0.15) is 23.2 Å². The zero-order valence-electron chi connectivity index (χ0n) is 13.2. The summed E-state index contributed by atoms with van der Waals surface area (Å²) >= 11 is 7.49. The van der Waals surface area contributed by atoms with Crippen LogP contribution in [0.15, 0.2) is 52.5 Å². The van der Waals surface area contributed by atoms with Crippen molar-refractivity contribution in [2.75, 3.05) is 19.7 Å². The van der Waals surface area contributed by atoms with Gasteiger partial charge in [-0.1, -0.05) is 29.4 Å². The first-order chi connectivity index (χ1) is 11.7. The van der Waals surface area contributed by atoms with E-state index in [0.717, 1.165) is 22.8 Å². The molecule has 1 aliphatic rings. The van der Waals surface area contributed by atoms with E-state index < -0.39 is 0 Å². The second-order valence-electron chi connectivity index (χ2n) is 5.86. The summed E-state index contributed by atoms with van der Waals surface area (Å²) in [5, 5.41) is 10.7. The summed E-state index contributed by atoms with van der Waals surface area (Å²) in [5.74, 6) is 0.349. The fraction of sp³-hybridized carbons (Fsp3) is 0.333. The van der Waals surface area contributed by atoms with E-state index in [2.05, 4.69) is 4.98 Å². The monoisotopic (exact) mass is 362 g/mol. The van der Waals surface area contributed by atoms with Crippen molar-refractivity contribution in [2.45, 2.75) is 22.8 Å². The summed E-state index contributed by atoms with van der Waals surface area (Å²) in [4.78, 5) is 19.8. The molecule has 2 heterocycles. The van der Waals surface area contributed by atoms with Gasteiger partial charge >= 0.3 is 0 Å². The molecule has 24 heavy (non-hydrogen) atoms. The van der Waals surface area contributed by atoms with Crippen molar-refractivity contribution in [1.82, 2.24) is 9.88 Å². The Morgan fingerprint density at radius 2 is 2.08 bits per heavy atom. The third-order valence-corrected chi connectivity index (χ3v) is 5.32. The van der Waals surface area contributed by atoms with Gasteiger partial charge in [-0.05, 0) is 49.1 Å². The van der Waals surface area contributed by atoms with Crippen LogP contribution in [-0.2, 0) is 0 Å². The predicted molar refractivity (Wildman–Crippen MR) is 95.5 cm³/mol. The summed E-state index contributed by atoms with van der Waals surface area (Å²) in [6, 6.07) is 11.1. The molecule has 1 aliphatic heterocycles. The van der Waals surface area contributed by atoms with E-state index in [1.54, 1.807) is 12.3 Å². The lowest BCUT2D eigenvalue weighted by Crippen LogP contribution is -2.39. The van der Waals surface area contributed by atoms with Gasteiger partial charge in [0.2, 0.25) is 0 Å². The summed E-state index contributed by atoms with van der Waals surface area (Å²) in [6.45, 7) is 1.60. The number of pyridine rings is 1. The minimum atomic E-state index is 0.0294. The molecule has 1 aromatic heterocycles. The Morgan fingerprint density at radius 1 is 1.29 bits per heavy atom. The molecule has 0 unspecified atom stereocenters. The van der Waals surface area contributed by atoms with E-state index in [-0.39, 0.29) is 12.5 Å². The molecule has 0 radical (unpaired) electrons. The maximum atomic E-state index is 12.7. The van der Waals surface area contributed by atoms with Gasteiger partial charge in [-0.2, -0.15) is 0 Å². The molecule has 4 nitrogen and oxygen atoms in total. The lowest BCUT2D eigenvalue weighted by Gasteiger charge is -2.31. The van der Waals surface area contributed by atoms with E-state index in [4.69, 9.17) is 11.6 Å². The number of hydrogen-bond donors (Lipinski definition) is 1. The molecule has 1 amide bonds. The summed E-state index contributed by atoms with van der Waals surface area (Å²) in [5.41, 5.74) is 0.650. The van der Waals surface area contributed by atoms with E-state index in [1.807, 2.05) is 35.2 Å². The number of aromatic nitrogens is 1. The SMILES string of the molecule is O=C(c1ccnc(Sc2cccc(Cl)c2)c1)N1CCC(CO)CC1. The third-order valence-electron chi connectivity index (χ3n) is 4.16. The zero-order valence-corrected chi connectivity index (χ0v) is 14.8. The molecule has 6 heteroatoms. The standard InChI is InChI=1S/C18H19ClN2O2S/c19-15-2-1-3-16(11-15)24-17-10-14(4-7-20-17)18(23)21-8-5-13(12-22)6-9-21/h1-4,7,10-11,13,22H,5-6,8-9,12H2. The number of amides is 1. The topological polar surface area (TPSA) is 53.4 Å². The molecule has 0 saturated carbocycles. The van der Waals surface area contributed by atoms with Gasteiger partial charge in [0, 0.05) is 41.4 Å². The van der Waals surface area contributed by atoms with Gasteiger partial charge in [0.15, 0.2) is 0 Å². The lowest BCUT2D eigenvalue weighted by atomic mass is 9.97. The summed E-state index contributed by atoms with van der Waals surface area (Å²) in [6.07, 6.45) is 3.38. The normalized spacial score (nSPS) is 15.5. The largest absolute Gasteiger partial charge is 0.396 e. The van der Waals surface area contributed by atoms with Crippen LogP contribution >= 0.6 is 23.4 Å². The second kappa shape index (κ2) is 8.01. The average molecular weight is 363 g/mol. The van der Waals surface area contributed by atoms with E-state index in [9.17, 15) is 9.90 Å². The summed E-state index contributed by atoms with van der Waals surface area (Å²) < 4.78 is 0. The van der Waals surface area contributed by atoms with Crippen LogP contribution < -0.4 is 0 Å². The summed E-state index contributed by atoms with van der Waals surface area (Å²) in [7, 11) is 0. The third kappa shape index (κ3) is 4.29. The van der Waals surface area contributed by atoms with Crippen LogP contribution in [0.25, 0.3) is 0 Å². The molecule has 0 atom stereocenters. The maximum absolute atomic E-state index is 12.7. The second-order valence-corrected chi connectivity index (χ2v) is 7.39. The number of carbonyl (C=O) groups is 1. The number of likely N-dealkylation sites (tertiary alicyclic amines) is 1. The first-order valence-electron chi connectivity index (χ1n) is 7.95. The Morgan fingerprint density at radius 3 is 2.79 bits per heavy atom. The lowest BCUT2D eigenvalue weighted by molar-refractivity contribution is 0.0650. The number of rotatable bonds is 4. The Bertz CT molecular complexity index is 718. The molecule has 3 rings (SSSR count). The van der Waals surface area contributed by atoms with Crippen LogP contribution in [0.4, 0.5) is 0 Å². The van der Waals surface area contributed by atoms with Crippen molar-refractivity contribution in [3.05, 3.63) is 53.2 Å². The predicted octanol–water partition coefficient (Wildman–Crippen LogP) is 3.73. The minimum absolute atomic E-state index is 0.0294. The molecule has 2 aromatic rings. The van der Waals surface area contributed by atoms with E-state index in [0.29, 0.717) is 29.6 Å². The molecule has 1 saturated heterocycles. The number of halogens is 1.